The van der Waals surface area contributed by atoms with Crippen LogP contribution < -0.4 is 5.32 Å². The first-order chi connectivity index (χ1) is 10.8. The molecule has 1 amide bonds. The third kappa shape index (κ3) is 5.81. The van der Waals surface area contributed by atoms with E-state index >= 15 is 0 Å². The summed E-state index contributed by atoms with van der Waals surface area (Å²) in [6.45, 7) is 6.94. The van der Waals surface area contributed by atoms with Gasteiger partial charge in [0.15, 0.2) is 0 Å². The predicted molar refractivity (Wildman–Crippen MR) is 99.4 cm³/mol. The van der Waals surface area contributed by atoms with Crippen LogP contribution in [0.5, 0.6) is 0 Å². The summed E-state index contributed by atoms with van der Waals surface area (Å²) >= 11 is 5.63. The van der Waals surface area contributed by atoms with Gasteiger partial charge in [0.2, 0.25) is 5.91 Å². The fourth-order valence-corrected chi connectivity index (χ4v) is 2.34. The van der Waals surface area contributed by atoms with Crippen LogP contribution in [0.4, 0.5) is 4.39 Å². The molecule has 5 heteroatoms. The SMILES string of the molecule is CC(C)(C)c1ccc(CNC(=O)Cc2ccc(Cl)c(F)c2)cc1.Cl. The molecule has 0 radical (unpaired) electrons. The van der Waals surface area contributed by atoms with E-state index in [1.165, 1.54) is 17.7 Å². The molecular weight excluding hydrogens is 348 g/mol. The summed E-state index contributed by atoms with van der Waals surface area (Å²) in [5, 5.41) is 2.91. The molecule has 0 unspecified atom stereocenters. The fourth-order valence-electron chi connectivity index (χ4n) is 2.22. The van der Waals surface area contributed by atoms with Crippen molar-refractivity contribution in [3.8, 4) is 0 Å². The molecular formula is C19H22Cl2FNO. The molecule has 2 aromatic rings. The summed E-state index contributed by atoms with van der Waals surface area (Å²) in [4.78, 5) is 11.9. The largest absolute Gasteiger partial charge is 0.352 e. The second-order valence-corrected chi connectivity index (χ2v) is 7.06. The number of rotatable bonds is 4. The van der Waals surface area contributed by atoms with Crippen molar-refractivity contribution < 1.29 is 9.18 Å². The van der Waals surface area contributed by atoms with Crippen LogP contribution in [0.3, 0.4) is 0 Å². The van der Waals surface area contributed by atoms with Gasteiger partial charge in [0, 0.05) is 6.54 Å². The smallest absolute Gasteiger partial charge is 0.224 e. The van der Waals surface area contributed by atoms with Gasteiger partial charge >= 0.3 is 0 Å². The first-order valence-electron chi connectivity index (χ1n) is 7.56. The van der Waals surface area contributed by atoms with Gasteiger partial charge in [-0.25, -0.2) is 4.39 Å². The van der Waals surface area contributed by atoms with E-state index in [4.69, 9.17) is 11.6 Å². The first kappa shape index (κ1) is 20.5. The molecule has 0 saturated carbocycles. The van der Waals surface area contributed by atoms with Crippen LogP contribution in [-0.2, 0) is 23.2 Å². The first-order valence-corrected chi connectivity index (χ1v) is 7.93. The van der Waals surface area contributed by atoms with E-state index in [2.05, 4.69) is 38.2 Å². The number of hydrogen-bond acceptors (Lipinski definition) is 1. The standard InChI is InChI=1S/C19H21ClFNO.ClH/c1-19(2,3)15-7-4-13(5-8-15)12-22-18(23)11-14-6-9-16(20)17(21)10-14;/h4-10H,11-12H2,1-3H3,(H,22,23);1H. The lowest BCUT2D eigenvalue weighted by Crippen LogP contribution is -2.24. The highest BCUT2D eigenvalue weighted by molar-refractivity contribution is 6.30. The Morgan fingerprint density at radius 2 is 1.67 bits per heavy atom. The average molecular weight is 370 g/mol. The minimum atomic E-state index is -0.505. The number of hydrogen-bond donors (Lipinski definition) is 1. The molecule has 2 nitrogen and oxygen atoms in total. The van der Waals surface area contributed by atoms with Crippen LogP contribution in [0.2, 0.25) is 5.02 Å². The summed E-state index contributed by atoms with van der Waals surface area (Å²) in [5.41, 5.74) is 3.01. The Labute approximate surface area is 153 Å². The number of benzene rings is 2. The Morgan fingerprint density at radius 1 is 1.08 bits per heavy atom. The molecule has 0 aliphatic heterocycles. The molecule has 2 rings (SSSR count). The zero-order chi connectivity index (χ0) is 17.0. The van der Waals surface area contributed by atoms with Crippen molar-refractivity contribution in [2.45, 2.75) is 39.2 Å². The lowest BCUT2D eigenvalue weighted by molar-refractivity contribution is -0.120. The molecule has 0 heterocycles. The van der Waals surface area contributed by atoms with Crippen molar-refractivity contribution in [3.63, 3.8) is 0 Å². The number of nitrogens with one attached hydrogen (secondary N) is 1. The number of amides is 1. The summed E-state index contributed by atoms with van der Waals surface area (Å²) < 4.78 is 13.4. The predicted octanol–water partition coefficient (Wildman–Crippen LogP) is 5.06. The van der Waals surface area contributed by atoms with E-state index in [1.54, 1.807) is 6.07 Å². The average Bonchev–Trinajstić information content (AvgIpc) is 2.48. The van der Waals surface area contributed by atoms with Crippen LogP contribution in [0.25, 0.3) is 0 Å². The summed E-state index contributed by atoms with van der Waals surface area (Å²) in [6, 6.07) is 12.6. The summed E-state index contributed by atoms with van der Waals surface area (Å²) in [5.74, 6) is -0.652. The van der Waals surface area contributed by atoms with Crippen LogP contribution in [0, 0.1) is 5.82 Å². The maximum Gasteiger partial charge on any atom is 0.224 e. The molecule has 24 heavy (non-hydrogen) atoms. The highest BCUT2D eigenvalue weighted by atomic mass is 35.5. The molecule has 0 fully saturated rings. The van der Waals surface area contributed by atoms with E-state index in [-0.39, 0.29) is 35.2 Å². The van der Waals surface area contributed by atoms with Gasteiger partial charge in [0.25, 0.3) is 0 Å². The van der Waals surface area contributed by atoms with Crippen LogP contribution in [0.15, 0.2) is 42.5 Å². The number of carbonyl (C=O) groups excluding carboxylic acids is 1. The van der Waals surface area contributed by atoms with E-state index in [0.717, 1.165) is 5.56 Å². The van der Waals surface area contributed by atoms with Gasteiger partial charge in [-0.1, -0.05) is 62.7 Å². The molecule has 130 valence electrons. The zero-order valence-corrected chi connectivity index (χ0v) is 15.6. The Balaban J connectivity index is 0.00000288. The normalized spacial score (nSPS) is 10.9. The molecule has 0 aromatic heterocycles. The Kier molecular flexibility index (Phi) is 7.25. The second kappa shape index (κ2) is 8.50. The van der Waals surface area contributed by atoms with Gasteiger partial charge < -0.3 is 5.32 Å². The van der Waals surface area contributed by atoms with E-state index in [9.17, 15) is 9.18 Å². The van der Waals surface area contributed by atoms with Crippen molar-refractivity contribution in [1.29, 1.82) is 0 Å². The maximum atomic E-state index is 13.4. The zero-order valence-electron chi connectivity index (χ0n) is 14.0. The van der Waals surface area contributed by atoms with Crippen LogP contribution in [0.1, 0.15) is 37.5 Å². The minimum absolute atomic E-state index is 0. The molecule has 0 saturated heterocycles. The molecule has 2 aromatic carbocycles. The molecule has 0 aliphatic carbocycles. The number of halogens is 3. The topological polar surface area (TPSA) is 29.1 Å². The van der Waals surface area contributed by atoms with Crippen molar-refractivity contribution in [2.24, 2.45) is 0 Å². The third-order valence-corrected chi connectivity index (χ3v) is 3.96. The number of carbonyl (C=O) groups is 1. The van der Waals surface area contributed by atoms with Gasteiger partial charge in [-0.15, -0.1) is 12.4 Å². The van der Waals surface area contributed by atoms with Crippen molar-refractivity contribution in [2.75, 3.05) is 0 Å². The third-order valence-electron chi connectivity index (χ3n) is 3.66. The molecule has 0 atom stereocenters. The lowest BCUT2D eigenvalue weighted by Gasteiger charge is -2.19. The van der Waals surface area contributed by atoms with E-state index < -0.39 is 5.82 Å². The van der Waals surface area contributed by atoms with E-state index in [1.807, 2.05) is 12.1 Å². The van der Waals surface area contributed by atoms with Crippen LogP contribution >= 0.6 is 24.0 Å². The van der Waals surface area contributed by atoms with E-state index in [0.29, 0.717) is 12.1 Å². The molecule has 0 spiro atoms. The highest BCUT2D eigenvalue weighted by Crippen LogP contribution is 2.22. The van der Waals surface area contributed by atoms with Gasteiger partial charge in [-0.3, -0.25) is 4.79 Å². The Bertz CT molecular complexity index is 694. The van der Waals surface area contributed by atoms with Gasteiger partial charge in [0.05, 0.1) is 11.4 Å². The fraction of sp³-hybridized carbons (Fsp3) is 0.316. The van der Waals surface area contributed by atoms with Crippen molar-refractivity contribution in [3.05, 3.63) is 70.0 Å². The van der Waals surface area contributed by atoms with Gasteiger partial charge in [0.1, 0.15) is 5.82 Å². The summed E-state index contributed by atoms with van der Waals surface area (Å²) in [6.07, 6.45) is 0.133. The second-order valence-electron chi connectivity index (χ2n) is 6.65. The Morgan fingerprint density at radius 3 is 2.21 bits per heavy atom. The summed E-state index contributed by atoms with van der Waals surface area (Å²) in [7, 11) is 0. The van der Waals surface area contributed by atoms with Gasteiger partial charge in [-0.2, -0.15) is 0 Å². The monoisotopic (exact) mass is 369 g/mol. The lowest BCUT2D eigenvalue weighted by atomic mass is 9.87. The quantitative estimate of drug-likeness (QED) is 0.801. The Hall–Kier alpha value is -1.58. The molecule has 0 aliphatic rings. The van der Waals surface area contributed by atoms with Crippen LogP contribution in [-0.4, -0.2) is 5.91 Å². The van der Waals surface area contributed by atoms with Gasteiger partial charge in [-0.05, 0) is 34.2 Å². The minimum Gasteiger partial charge on any atom is -0.352 e. The molecule has 1 N–H and O–H groups in total. The maximum absolute atomic E-state index is 13.4. The van der Waals surface area contributed by atoms with Crippen molar-refractivity contribution >= 4 is 29.9 Å². The molecule has 0 bridgehead atoms. The highest BCUT2D eigenvalue weighted by Gasteiger charge is 2.13. The van der Waals surface area contributed by atoms with Crippen molar-refractivity contribution in [1.82, 2.24) is 5.32 Å².